The van der Waals surface area contributed by atoms with Gasteiger partial charge < -0.3 is 15.3 Å². The highest BCUT2D eigenvalue weighted by Gasteiger charge is 2.21. The molecule has 0 amide bonds. The van der Waals surface area contributed by atoms with E-state index in [-0.39, 0.29) is 6.10 Å². The molecule has 2 aromatic carbocycles. The van der Waals surface area contributed by atoms with Gasteiger partial charge in [0.25, 0.3) is 0 Å². The average Bonchev–Trinajstić information content (AvgIpc) is 3.48. The van der Waals surface area contributed by atoms with Crippen molar-refractivity contribution >= 4 is 17.3 Å². The van der Waals surface area contributed by atoms with Crippen LogP contribution in [0.1, 0.15) is 17.8 Å². The van der Waals surface area contributed by atoms with Gasteiger partial charge in [-0.3, -0.25) is 0 Å². The van der Waals surface area contributed by atoms with Crippen LogP contribution in [0.5, 0.6) is 0 Å². The number of nitrogens with zero attached hydrogens (tertiary/aromatic N) is 7. The topological polar surface area (TPSA) is 116 Å². The van der Waals surface area contributed by atoms with Crippen LogP contribution in [0.3, 0.4) is 0 Å². The molecule has 0 spiro atoms. The largest absolute Gasteiger partial charge is 0.391 e. The molecule has 3 heterocycles. The van der Waals surface area contributed by atoms with E-state index in [0.29, 0.717) is 29.6 Å². The Kier molecular flexibility index (Phi) is 5.42. The zero-order valence-corrected chi connectivity index (χ0v) is 18.0. The number of aryl methyl sites for hydroxylation is 1. The average molecular weight is 438 g/mol. The number of rotatable bonds is 5. The van der Waals surface area contributed by atoms with Crippen LogP contribution in [0.4, 0.5) is 17.3 Å². The second kappa shape index (κ2) is 8.68. The molecule has 1 unspecified atom stereocenters. The first-order chi connectivity index (χ1) is 16.1. The van der Waals surface area contributed by atoms with Crippen molar-refractivity contribution in [1.82, 2.24) is 24.7 Å². The fourth-order valence-electron chi connectivity index (χ4n) is 3.86. The Morgan fingerprint density at radius 1 is 1.09 bits per heavy atom. The molecule has 0 saturated carbocycles. The first kappa shape index (κ1) is 20.6. The highest BCUT2D eigenvalue weighted by molar-refractivity contribution is 5.70. The van der Waals surface area contributed by atoms with Crippen molar-refractivity contribution in [3.05, 3.63) is 72.4 Å². The Morgan fingerprint density at radius 2 is 1.94 bits per heavy atom. The molecule has 4 aromatic rings. The second-order valence-corrected chi connectivity index (χ2v) is 7.94. The summed E-state index contributed by atoms with van der Waals surface area (Å²) in [5.74, 6) is 1.17. The highest BCUT2D eigenvalue weighted by Crippen LogP contribution is 2.29. The minimum Gasteiger partial charge on any atom is -0.391 e. The Labute approximate surface area is 191 Å². The molecule has 33 heavy (non-hydrogen) atoms. The van der Waals surface area contributed by atoms with Crippen LogP contribution in [-0.4, -0.2) is 49.0 Å². The molecule has 2 N–H and O–H groups in total. The quantitative estimate of drug-likeness (QED) is 0.488. The molecule has 1 aliphatic heterocycles. The van der Waals surface area contributed by atoms with Gasteiger partial charge in [0.1, 0.15) is 12.2 Å². The van der Waals surface area contributed by atoms with Gasteiger partial charge in [-0.05, 0) is 61.9 Å². The van der Waals surface area contributed by atoms with E-state index in [9.17, 15) is 10.4 Å². The minimum absolute atomic E-state index is 0.339. The third-order valence-corrected chi connectivity index (χ3v) is 5.52. The fraction of sp³-hybridized carbons (Fsp3) is 0.208. The summed E-state index contributed by atoms with van der Waals surface area (Å²) < 4.78 is 1.72. The van der Waals surface area contributed by atoms with Crippen LogP contribution in [0.25, 0.3) is 16.9 Å². The van der Waals surface area contributed by atoms with Crippen LogP contribution in [0.15, 0.2) is 61.1 Å². The molecule has 1 atom stereocenters. The molecule has 164 valence electrons. The van der Waals surface area contributed by atoms with Crippen molar-refractivity contribution in [3.8, 4) is 23.0 Å². The van der Waals surface area contributed by atoms with Gasteiger partial charge in [0.2, 0.25) is 5.95 Å². The molecule has 1 saturated heterocycles. The number of hydrogen-bond acceptors (Lipinski definition) is 8. The standard InChI is InChI=1S/C24H22N8O/c1-16-27-15-32(30-16)20-4-2-19(3-5-20)28-24-26-8-6-23(29-24)18-10-17(13-25)11-21(12-18)31-9-7-22(33)14-31/h2-6,8,10-12,15,22,33H,7,9,14H2,1H3,(H,26,28,29). The van der Waals surface area contributed by atoms with Crippen LogP contribution in [-0.2, 0) is 0 Å². The van der Waals surface area contributed by atoms with E-state index in [0.717, 1.165) is 35.6 Å². The lowest BCUT2D eigenvalue weighted by molar-refractivity contribution is 0.198. The number of anilines is 3. The number of β-amino-alcohol motifs (C(OH)–C–C–N with tert-alkyl or cyclic N) is 1. The normalized spacial score (nSPS) is 15.4. The van der Waals surface area contributed by atoms with Gasteiger partial charge in [-0.2, -0.15) is 10.4 Å². The monoisotopic (exact) mass is 438 g/mol. The Hall–Kier alpha value is -4.29. The van der Waals surface area contributed by atoms with Gasteiger partial charge >= 0.3 is 0 Å². The highest BCUT2D eigenvalue weighted by atomic mass is 16.3. The van der Waals surface area contributed by atoms with E-state index in [4.69, 9.17) is 0 Å². The van der Waals surface area contributed by atoms with Crippen LogP contribution >= 0.6 is 0 Å². The van der Waals surface area contributed by atoms with Gasteiger partial charge in [-0.1, -0.05) is 0 Å². The maximum absolute atomic E-state index is 9.89. The zero-order valence-electron chi connectivity index (χ0n) is 18.0. The summed E-state index contributed by atoms with van der Waals surface area (Å²) in [6.07, 6.45) is 3.75. The number of nitrogens with one attached hydrogen (secondary N) is 1. The summed E-state index contributed by atoms with van der Waals surface area (Å²) >= 11 is 0. The third-order valence-electron chi connectivity index (χ3n) is 5.52. The number of benzene rings is 2. The van der Waals surface area contributed by atoms with Crippen molar-refractivity contribution in [2.75, 3.05) is 23.3 Å². The van der Waals surface area contributed by atoms with Gasteiger partial charge in [0.15, 0.2) is 0 Å². The Balaban J connectivity index is 1.39. The molecule has 5 rings (SSSR count). The zero-order chi connectivity index (χ0) is 22.8. The summed E-state index contributed by atoms with van der Waals surface area (Å²) in [5, 5.41) is 26.9. The molecule has 9 heteroatoms. The van der Waals surface area contributed by atoms with E-state index in [1.807, 2.05) is 55.5 Å². The lowest BCUT2D eigenvalue weighted by Gasteiger charge is -2.19. The molecule has 1 fully saturated rings. The predicted octanol–water partition coefficient (Wildman–Crippen LogP) is 3.22. The molecule has 0 radical (unpaired) electrons. The van der Waals surface area contributed by atoms with E-state index >= 15 is 0 Å². The molecule has 0 aliphatic carbocycles. The van der Waals surface area contributed by atoms with Gasteiger partial charge in [-0.15, -0.1) is 0 Å². The van der Waals surface area contributed by atoms with Gasteiger partial charge in [0, 0.05) is 36.2 Å². The van der Waals surface area contributed by atoms with E-state index in [2.05, 4.69) is 36.3 Å². The number of aliphatic hydroxyl groups excluding tert-OH is 1. The first-order valence-electron chi connectivity index (χ1n) is 10.6. The number of aromatic nitrogens is 5. The summed E-state index contributed by atoms with van der Waals surface area (Å²) in [4.78, 5) is 15.2. The summed E-state index contributed by atoms with van der Waals surface area (Å²) in [6.45, 7) is 3.17. The van der Waals surface area contributed by atoms with Crippen molar-refractivity contribution in [2.24, 2.45) is 0 Å². The van der Waals surface area contributed by atoms with Crippen molar-refractivity contribution in [2.45, 2.75) is 19.4 Å². The Bertz CT molecular complexity index is 1330. The molecular weight excluding hydrogens is 416 g/mol. The molecular formula is C24H22N8O. The first-order valence-corrected chi connectivity index (χ1v) is 10.6. The fourth-order valence-corrected chi connectivity index (χ4v) is 3.86. The SMILES string of the molecule is Cc1ncn(-c2ccc(Nc3nccc(-c4cc(C#N)cc(N5CCC(O)C5)c4)n3)cc2)n1. The maximum atomic E-state index is 9.89. The Morgan fingerprint density at radius 3 is 2.64 bits per heavy atom. The summed E-state index contributed by atoms with van der Waals surface area (Å²) in [5.41, 5.74) is 4.74. The number of nitriles is 1. The van der Waals surface area contributed by atoms with Gasteiger partial charge in [-0.25, -0.2) is 19.6 Å². The van der Waals surface area contributed by atoms with Gasteiger partial charge in [0.05, 0.1) is 29.1 Å². The van der Waals surface area contributed by atoms with E-state index in [1.54, 1.807) is 17.2 Å². The molecule has 9 nitrogen and oxygen atoms in total. The predicted molar refractivity (Wildman–Crippen MR) is 124 cm³/mol. The second-order valence-electron chi connectivity index (χ2n) is 7.94. The van der Waals surface area contributed by atoms with Crippen molar-refractivity contribution in [3.63, 3.8) is 0 Å². The number of hydrogen-bond donors (Lipinski definition) is 2. The lowest BCUT2D eigenvalue weighted by Crippen LogP contribution is -2.21. The van der Waals surface area contributed by atoms with Crippen molar-refractivity contribution < 1.29 is 5.11 Å². The molecule has 1 aliphatic rings. The maximum Gasteiger partial charge on any atom is 0.227 e. The lowest BCUT2D eigenvalue weighted by atomic mass is 10.1. The van der Waals surface area contributed by atoms with Crippen LogP contribution < -0.4 is 10.2 Å². The smallest absolute Gasteiger partial charge is 0.227 e. The molecule has 0 bridgehead atoms. The van der Waals surface area contributed by atoms with Crippen LogP contribution in [0.2, 0.25) is 0 Å². The summed E-state index contributed by atoms with van der Waals surface area (Å²) in [7, 11) is 0. The summed E-state index contributed by atoms with van der Waals surface area (Å²) in [6, 6.07) is 17.4. The van der Waals surface area contributed by atoms with Crippen LogP contribution in [0, 0.1) is 18.3 Å². The van der Waals surface area contributed by atoms with Crippen molar-refractivity contribution in [1.29, 1.82) is 5.26 Å². The third kappa shape index (κ3) is 4.51. The van der Waals surface area contributed by atoms with E-state index in [1.165, 1.54) is 0 Å². The molecule has 2 aromatic heterocycles. The minimum atomic E-state index is -0.339. The van der Waals surface area contributed by atoms with E-state index < -0.39 is 0 Å². The number of aliphatic hydroxyl groups is 1.